The minimum absolute atomic E-state index is 0.621. The molecule has 0 atom stereocenters. The summed E-state index contributed by atoms with van der Waals surface area (Å²) < 4.78 is 5.39. The molecule has 16 heavy (non-hydrogen) atoms. The van der Waals surface area contributed by atoms with Gasteiger partial charge in [-0.3, -0.25) is 0 Å². The Hall–Kier alpha value is -1.36. The minimum atomic E-state index is 0.621. The lowest BCUT2D eigenvalue weighted by Crippen LogP contribution is -2.28. The van der Waals surface area contributed by atoms with Gasteiger partial charge in [-0.15, -0.1) is 0 Å². The fourth-order valence-corrected chi connectivity index (χ4v) is 1.30. The normalized spacial score (nSPS) is 10.2. The zero-order chi connectivity index (χ0) is 12.0. The van der Waals surface area contributed by atoms with Crippen LogP contribution in [0.25, 0.3) is 0 Å². The van der Waals surface area contributed by atoms with Crippen molar-refractivity contribution in [2.24, 2.45) is 0 Å². The summed E-state index contributed by atoms with van der Waals surface area (Å²) in [5.41, 5.74) is 0.921. The Balaban J connectivity index is 2.78. The number of anilines is 1. The highest BCUT2D eigenvalue weighted by molar-refractivity contribution is 5.33. The molecule has 5 nitrogen and oxygen atoms in total. The van der Waals surface area contributed by atoms with Gasteiger partial charge in [0, 0.05) is 31.9 Å². The Bertz CT molecular complexity index is 330. The van der Waals surface area contributed by atoms with E-state index in [4.69, 9.17) is 4.74 Å². The third-order valence-electron chi connectivity index (χ3n) is 2.15. The van der Waals surface area contributed by atoms with Crippen LogP contribution < -0.4 is 15.0 Å². The van der Waals surface area contributed by atoms with Crippen molar-refractivity contribution in [3.05, 3.63) is 11.8 Å². The molecular weight excluding hydrogens is 204 g/mol. The van der Waals surface area contributed by atoms with Crippen molar-refractivity contribution >= 4 is 5.95 Å². The Labute approximate surface area is 96.8 Å². The maximum Gasteiger partial charge on any atom is 0.228 e. The molecule has 0 fully saturated rings. The first kappa shape index (κ1) is 12.7. The highest BCUT2D eigenvalue weighted by Crippen LogP contribution is 2.14. The lowest BCUT2D eigenvalue weighted by Gasteiger charge is -2.17. The minimum Gasteiger partial charge on any atom is -0.478 e. The summed E-state index contributed by atoms with van der Waals surface area (Å²) in [6.45, 7) is 6.28. The van der Waals surface area contributed by atoms with E-state index < -0.39 is 0 Å². The van der Waals surface area contributed by atoms with Crippen LogP contribution in [0.15, 0.2) is 6.07 Å². The first-order chi connectivity index (χ1) is 7.67. The quantitative estimate of drug-likeness (QED) is 0.776. The van der Waals surface area contributed by atoms with Gasteiger partial charge in [0.15, 0.2) is 0 Å². The van der Waals surface area contributed by atoms with Gasteiger partial charge in [0.25, 0.3) is 0 Å². The topological polar surface area (TPSA) is 50.3 Å². The summed E-state index contributed by atoms with van der Waals surface area (Å²) >= 11 is 0. The molecule has 1 aromatic heterocycles. The van der Waals surface area contributed by atoms with Gasteiger partial charge in [0.05, 0.1) is 6.61 Å². The smallest absolute Gasteiger partial charge is 0.228 e. The zero-order valence-corrected chi connectivity index (χ0v) is 10.4. The van der Waals surface area contributed by atoms with Crippen LogP contribution in [0.2, 0.25) is 0 Å². The van der Waals surface area contributed by atoms with Crippen LogP contribution in [0.3, 0.4) is 0 Å². The first-order valence-electron chi connectivity index (χ1n) is 5.51. The molecule has 0 aliphatic carbocycles. The Morgan fingerprint density at radius 2 is 2.19 bits per heavy atom. The van der Waals surface area contributed by atoms with Gasteiger partial charge in [0.1, 0.15) is 0 Å². The monoisotopic (exact) mass is 224 g/mol. The van der Waals surface area contributed by atoms with Crippen molar-refractivity contribution in [3.8, 4) is 5.88 Å². The third-order valence-corrected chi connectivity index (χ3v) is 2.15. The van der Waals surface area contributed by atoms with E-state index in [1.807, 2.05) is 38.9 Å². The molecule has 1 rings (SSSR count). The van der Waals surface area contributed by atoms with E-state index in [2.05, 4.69) is 15.3 Å². The number of aryl methyl sites for hydroxylation is 1. The highest BCUT2D eigenvalue weighted by Gasteiger charge is 2.07. The second kappa shape index (κ2) is 6.27. The number of hydrogen-bond donors (Lipinski definition) is 1. The molecule has 1 heterocycles. The average molecular weight is 224 g/mol. The van der Waals surface area contributed by atoms with Crippen LogP contribution in [0.4, 0.5) is 5.95 Å². The van der Waals surface area contributed by atoms with Crippen molar-refractivity contribution in [2.45, 2.75) is 13.8 Å². The number of likely N-dealkylation sites (N-methyl/N-ethyl adjacent to an activating group) is 2. The van der Waals surface area contributed by atoms with Crippen molar-refractivity contribution < 1.29 is 4.74 Å². The Morgan fingerprint density at radius 1 is 1.44 bits per heavy atom. The van der Waals surface area contributed by atoms with E-state index in [1.165, 1.54) is 0 Å². The number of nitrogens with zero attached hydrogens (tertiary/aromatic N) is 3. The van der Waals surface area contributed by atoms with Crippen LogP contribution in [-0.4, -0.2) is 43.8 Å². The molecule has 0 amide bonds. The summed E-state index contributed by atoms with van der Waals surface area (Å²) in [7, 11) is 3.90. The van der Waals surface area contributed by atoms with E-state index in [0.717, 1.165) is 18.8 Å². The summed E-state index contributed by atoms with van der Waals surface area (Å²) in [6.07, 6.45) is 0. The predicted molar refractivity (Wildman–Crippen MR) is 65.1 cm³/mol. The predicted octanol–water partition coefficient (Wildman–Crippen LogP) is 0.839. The van der Waals surface area contributed by atoms with Crippen LogP contribution in [0.1, 0.15) is 12.6 Å². The van der Waals surface area contributed by atoms with E-state index in [1.54, 1.807) is 0 Å². The molecule has 0 unspecified atom stereocenters. The highest BCUT2D eigenvalue weighted by atomic mass is 16.5. The average Bonchev–Trinajstić information content (AvgIpc) is 2.25. The first-order valence-corrected chi connectivity index (χ1v) is 5.51. The zero-order valence-electron chi connectivity index (χ0n) is 10.4. The molecular formula is C11H20N4O. The molecule has 0 spiro atoms. The molecule has 0 saturated carbocycles. The molecule has 0 aliphatic rings. The maximum atomic E-state index is 5.39. The van der Waals surface area contributed by atoms with Crippen molar-refractivity contribution in [2.75, 3.05) is 38.7 Å². The van der Waals surface area contributed by atoms with Gasteiger partial charge in [-0.2, -0.15) is 4.98 Å². The molecule has 1 N–H and O–H groups in total. The SMILES string of the molecule is CCOc1cc(C)nc(N(C)CCNC)n1. The number of nitrogens with one attached hydrogen (secondary N) is 1. The summed E-state index contributed by atoms with van der Waals surface area (Å²) in [5, 5.41) is 3.09. The second-order valence-electron chi connectivity index (χ2n) is 3.61. The number of hydrogen-bond acceptors (Lipinski definition) is 5. The molecule has 0 aliphatic heterocycles. The van der Waals surface area contributed by atoms with Gasteiger partial charge < -0.3 is 15.0 Å². The number of rotatable bonds is 6. The van der Waals surface area contributed by atoms with Crippen LogP contribution in [0, 0.1) is 6.92 Å². The lowest BCUT2D eigenvalue weighted by atomic mass is 10.4. The summed E-state index contributed by atoms with van der Waals surface area (Å²) in [5.74, 6) is 1.35. The molecule has 5 heteroatoms. The molecule has 0 saturated heterocycles. The maximum absolute atomic E-state index is 5.39. The van der Waals surface area contributed by atoms with Gasteiger partial charge in [0.2, 0.25) is 11.8 Å². The van der Waals surface area contributed by atoms with E-state index >= 15 is 0 Å². The third kappa shape index (κ3) is 3.66. The van der Waals surface area contributed by atoms with Gasteiger partial charge in [-0.05, 0) is 20.9 Å². The number of ether oxygens (including phenoxy) is 1. The standard InChI is InChI=1S/C11H20N4O/c1-5-16-10-8-9(2)13-11(14-10)15(4)7-6-12-3/h8,12H,5-7H2,1-4H3. The van der Waals surface area contributed by atoms with Crippen molar-refractivity contribution in [3.63, 3.8) is 0 Å². The van der Waals surface area contributed by atoms with Gasteiger partial charge in [-0.25, -0.2) is 4.98 Å². The van der Waals surface area contributed by atoms with Crippen LogP contribution >= 0.6 is 0 Å². The largest absolute Gasteiger partial charge is 0.478 e. The molecule has 90 valence electrons. The fraction of sp³-hybridized carbons (Fsp3) is 0.636. The van der Waals surface area contributed by atoms with E-state index in [0.29, 0.717) is 18.4 Å². The van der Waals surface area contributed by atoms with Crippen molar-refractivity contribution in [1.29, 1.82) is 0 Å². The summed E-state index contributed by atoms with van der Waals surface area (Å²) in [6, 6.07) is 1.85. The Morgan fingerprint density at radius 3 is 2.81 bits per heavy atom. The van der Waals surface area contributed by atoms with E-state index in [9.17, 15) is 0 Å². The Kier molecular flexibility index (Phi) is 4.98. The number of aromatic nitrogens is 2. The van der Waals surface area contributed by atoms with Crippen LogP contribution in [0.5, 0.6) is 5.88 Å². The molecule has 0 bridgehead atoms. The molecule has 1 aromatic rings. The van der Waals surface area contributed by atoms with Gasteiger partial charge in [-0.1, -0.05) is 0 Å². The lowest BCUT2D eigenvalue weighted by molar-refractivity contribution is 0.326. The van der Waals surface area contributed by atoms with Crippen LogP contribution in [-0.2, 0) is 0 Å². The van der Waals surface area contributed by atoms with Crippen molar-refractivity contribution in [1.82, 2.24) is 15.3 Å². The fourth-order valence-electron chi connectivity index (χ4n) is 1.30. The molecule has 0 aromatic carbocycles. The van der Waals surface area contributed by atoms with E-state index in [-0.39, 0.29) is 0 Å². The molecule has 0 radical (unpaired) electrons. The summed E-state index contributed by atoms with van der Waals surface area (Å²) in [4.78, 5) is 10.7. The van der Waals surface area contributed by atoms with Gasteiger partial charge >= 0.3 is 0 Å². The second-order valence-corrected chi connectivity index (χ2v) is 3.61.